The lowest BCUT2D eigenvalue weighted by molar-refractivity contribution is -0.137. The average Bonchev–Trinajstić information content (AvgIpc) is 3.43. The van der Waals surface area contributed by atoms with Crippen molar-refractivity contribution in [2.45, 2.75) is 51.2 Å². The first-order chi connectivity index (χ1) is 14.9. The van der Waals surface area contributed by atoms with E-state index in [1.54, 1.807) is 6.07 Å². The van der Waals surface area contributed by atoms with Crippen LogP contribution in [0.2, 0.25) is 0 Å². The minimum atomic E-state index is -4.42. The summed E-state index contributed by atoms with van der Waals surface area (Å²) < 4.78 is 40.8. The van der Waals surface area contributed by atoms with E-state index in [1.807, 2.05) is 11.8 Å². The highest BCUT2D eigenvalue weighted by molar-refractivity contribution is 5.90. The minimum Gasteiger partial charge on any atom is -0.323 e. The molecule has 0 radical (unpaired) electrons. The lowest BCUT2D eigenvalue weighted by atomic mass is 10.0. The Morgan fingerprint density at radius 1 is 1.19 bits per heavy atom. The summed E-state index contributed by atoms with van der Waals surface area (Å²) in [6.07, 6.45) is 2.12. The summed E-state index contributed by atoms with van der Waals surface area (Å²) in [5, 5.41) is 7.20. The SMILES string of the molecule is CCc1c(NC(=O)N2CCCC(N3CCCC3)C2)cnn1-c1cccc(C(F)(F)F)c1. The topological polar surface area (TPSA) is 53.4 Å². The van der Waals surface area contributed by atoms with Gasteiger partial charge in [0, 0.05) is 19.1 Å². The van der Waals surface area contributed by atoms with Gasteiger partial charge in [-0.25, -0.2) is 9.48 Å². The quantitative estimate of drug-likeness (QED) is 0.767. The van der Waals surface area contributed by atoms with Gasteiger partial charge in [-0.3, -0.25) is 4.90 Å². The number of benzene rings is 1. The van der Waals surface area contributed by atoms with Gasteiger partial charge in [-0.05, 0) is 63.4 Å². The number of amides is 2. The number of halogens is 3. The molecule has 1 aromatic carbocycles. The van der Waals surface area contributed by atoms with Crippen LogP contribution >= 0.6 is 0 Å². The monoisotopic (exact) mass is 435 g/mol. The molecule has 2 saturated heterocycles. The summed E-state index contributed by atoms with van der Waals surface area (Å²) in [6.45, 7) is 5.50. The van der Waals surface area contributed by atoms with Gasteiger partial charge in [-0.15, -0.1) is 0 Å². The molecular weight excluding hydrogens is 407 g/mol. The van der Waals surface area contributed by atoms with E-state index in [4.69, 9.17) is 0 Å². The molecule has 6 nitrogen and oxygen atoms in total. The van der Waals surface area contributed by atoms with Crippen LogP contribution in [0, 0.1) is 0 Å². The number of alkyl halides is 3. The van der Waals surface area contributed by atoms with E-state index in [0.29, 0.717) is 42.6 Å². The molecule has 1 N–H and O–H groups in total. The maximum atomic E-state index is 13.1. The van der Waals surface area contributed by atoms with Gasteiger partial charge in [0.2, 0.25) is 0 Å². The maximum Gasteiger partial charge on any atom is 0.416 e. The highest BCUT2D eigenvalue weighted by atomic mass is 19.4. The molecule has 0 saturated carbocycles. The Labute approximate surface area is 180 Å². The van der Waals surface area contributed by atoms with Crippen LogP contribution in [0.4, 0.5) is 23.7 Å². The second kappa shape index (κ2) is 8.90. The van der Waals surface area contributed by atoms with E-state index in [0.717, 1.165) is 38.1 Å². The molecule has 1 aromatic heterocycles. The minimum absolute atomic E-state index is 0.179. The number of urea groups is 1. The maximum absolute atomic E-state index is 13.1. The summed E-state index contributed by atoms with van der Waals surface area (Å²) >= 11 is 0. The fourth-order valence-electron chi connectivity index (χ4n) is 4.59. The predicted octanol–water partition coefficient (Wildman–Crippen LogP) is 4.55. The largest absolute Gasteiger partial charge is 0.416 e. The molecule has 1 unspecified atom stereocenters. The number of hydrogen-bond acceptors (Lipinski definition) is 3. The fourth-order valence-corrected chi connectivity index (χ4v) is 4.59. The Kier molecular flexibility index (Phi) is 6.22. The molecule has 2 aliphatic rings. The van der Waals surface area contributed by atoms with Crippen molar-refractivity contribution in [1.29, 1.82) is 0 Å². The number of anilines is 1. The third-order valence-corrected chi connectivity index (χ3v) is 6.20. The van der Waals surface area contributed by atoms with Gasteiger partial charge in [0.25, 0.3) is 0 Å². The molecule has 3 heterocycles. The highest BCUT2D eigenvalue weighted by Gasteiger charge is 2.31. The summed E-state index contributed by atoms with van der Waals surface area (Å²) in [4.78, 5) is 17.3. The van der Waals surface area contributed by atoms with Crippen LogP contribution < -0.4 is 5.32 Å². The molecule has 1 atom stereocenters. The molecule has 0 spiro atoms. The van der Waals surface area contributed by atoms with Crippen molar-refractivity contribution in [2.24, 2.45) is 0 Å². The van der Waals surface area contributed by atoms with Crippen LogP contribution in [-0.4, -0.2) is 57.8 Å². The number of carbonyl (C=O) groups is 1. The lowest BCUT2D eigenvalue weighted by Gasteiger charge is -2.37. The number of carbonyl (C=O) groups excluding carboxylic acids is 1. The second-order valence-corrected chi connectivity index (χ2v) is 8.23. The first kappa shape index (κ1) is 21.7. The van der Waals surface area contributed by atoms with Crippen molar-refractivity contribution < 1.29 is 18.0 Å². The molecule has 2 fully saturated rings. The molecular formula is C22H28F3N5O. The van der Waals surface area contributed by atoms with Gasteiger partial charge in [-0.1, -0.05) is 13.0 Å². The normalized spacial score (nSPS) is 20.3. The number of hydrogen-bond donors (Lipinski definition) is 1. The van der Waals surface area contributed by atoms with E-state index in [-0.39, 0.29) is 6.03 Å². The van der Waals surface area contributed by atoms with Gasteiger partial charge in [-0.2, -0.15) is 18.3 Å². The molecule has 0 bridgehead atoms. The van der Waals surface area contributed by atoms with Crippen LogP contribution in [0.25, 0.3) is 5.69 Å². The van der Waals surface area contributed by atoms with Crippen molar-refractivity contribution in [3.63, 3.8) is 0 Å². The number of aromatic nitrogens is 2. The van der Waals surface area contributed by atoms with Crippen molar-refractivity contribution in [3.8, 4) is 5.69 Å². The van der Waals surface area contributed by atoms with Crippen LogP contribution in [-0.2, 0) is 12.6 Å². The molecule has 2 amide bonds. The second-order valence-electron chi connectivity index (χ2n) is 8.23. The van der Waals surface area contributed by atoms with Crippen molar-refractivity contribution in [2.75, 3.05) is 31.5 Å². The number of rotatable bonds is 4. The van der Waals surface area contributed by atoms with Crippen LogP contribution in [0.5, 0.6) is 0 Å². The summed E-state index contributed by atoms with van der Waals surface area (Å²) in [5.74, 6) is 0. The molecule has 0 aliphatic carbocycles. The van der Waals surface area contributed by atoms with Gasteiger partial charge < -0.3 is 10.2 Å². The smallest absolute Gasteiger partial charge is 0.323 e. The lowest BCUT2D eigenvalue weighted by Crippen LogP contribution is -2.50. The van der Waals surface area contributed by atoms with E-state index in [1.165, 1.54) is 29.8 Å². The number of nitrogens with one attached hydrogen (secondary N) is 1. The molecule has 9 heteroatoms. The van der Waals surface area contributed by atoms with Crippen molar-refractivity contribution in [1.82, 2.24) is 19.6 Å². The molecule has 4 rings (SSSR count). The summed E-state index contributed by atoms with van der Waals surface area (Å²) in [5.41, 5.74) is 0.794. The highest BCUT2D eigenvalue weighted by Crippen LogP contribution is 2.31. The first-order valence-corrected chi connectivity index (χ1v) is 10.9. The van der Waals surface area contributed by atoms with Gasteiger partial charge in [0.15, 0.2) is 0 Å². The Morgan fingerprint density at radius 3 is 2.68 bits per heavy atom. The van der Waals surface area contributed by atoms with Crippen LogP contribution in [0.1, 0.15) is 43.9 Å². The third kappa shape index (κ3) is 4.71. The summed E-state index contributed by atoms with van der Waals surface area (Å²) in [6, 6.07) is 5.28. The summed E-state index contributed by atoms with van der Waals surface area (Å²) in [7, 11) is 0. The van der Waals surface area contributed by atoms with Gasteiger partial charge in [0.05, 0.1) is 28.8 Å². The molecule has 2 aliphatic heterocycles. The Bertz CT molecular complexity index is 920. The average molecular weight is 435 g/mol. The van der Waals surface area contributed by atoms with E-state index in [9.17, 15) is 18.0 Å². The molecule has 31 heavy (non-hydrogen) atoms. The first-order valence-electron chi connectivity index (χ1n) is 10.9. The number of likely N-dealkylation sites (tertiary alicyclic amines) is 2. The Balaban J connectivity index is 1.49. The van der Waals surface area contributed by atoms with E-state index in [2.05, 4.69) is 15.3 Å². The zero-order valence-corrected chi connectivity index (χ0v) is 17.7. The standard InChI is InChI=1S/C22H28F3N5O/c1-2-20-19(14-26-30(20)17-8-5-7-16(13-17)22(23,24)25)27-21(31)29-12-6-9-18(15-29)28-10-3-4-11-28/h5,7-8,13-14,18H,2-4,6,9-12,15H2,1H3,(H,27,31). The predicted molar refractivity (Wildman–Crippen MR) is 112 cm³/mol. The fraction of sp³-hybridized carbons (Fsp3) is 0.545. The molecule has 2 aromatic rings. The third-order valence-electron chi connectivity index (χ3n) is 6.20. The Hall–Kier alpha value is -2.55. The van der Waals surface area contributed by atoms with Gasteiger partial charge in [0.1, 0.15) is 0 Å². The van der Waals surface area contributed by atoms with Crippen molar-refractivity contribution >= 4 is 11.7 Å². The Morgan fingerprint density at radius 2 is 1.97 bits per heavy atom. The number of piperidine rings is 1. The van der Waals surface area contributed by atoms with E-state index >= 15 is 0 Å². The zero-order chi connectivity index (χ0) is 22.0. The number of nitrogens with zero attached hydrogens (tertiary/aromatic N) is 4. The van der Waals surface area contributed by atoms with Gasteiger partial charge >= 0.3 is 12.2 Å². The zero-order valence-electron chi connectivity index (χ0n) is 17.7. The molecule has 168 valence electrons. The van der Waals surface area contributed by atoms with Crippen LogP contribution in [0.15, 0.2) is 30.5 Å². The van der Waals surface area contributed by atoms with Crippen LogP contribution in [0.3, 0.4) is 0 Å². The van der Waals surface area contributed by atoms with E-state index < -0.39 is 11.7 Å². The van der Waals surface area contributed by atoms with Crippen molar-refractivity contribution in [3.05, 3.63) is 41.7 Å².